The minimum atomic E-state index is 0.429. The SMILES string of the molecule is NNc1nc(NN2CCCCC2)c2ccccc2n1. The standard InChI is InChI=1S/C13H18N6/c14-17-13-15-11-7-3-2-6-10(11)12(16-13)18-19-8-4-1-5-9-19/h2-3,6-7H,1,4-5,8-9,14H2,(H2,15,16,17,18). The number of fused-ring (bicyclic) bond motifs is 1. The van der Waals surface area contributed by atoms with Gasteiger partial charge in [-0.05, 0) is 25.0 Å². The van der Waals surface area contributed by atoms with E-state index in [0.29, 0.717) is 5.95 Å². The Kier molecular flexibility index (Phi) is 3.43. The summed E-state index contributed by atoms with van der Waals surface area (Å²) in [5, 5.41) is 3.21. The maximum Gasteiger partial charge on any atom is 0.239 e. The molecular weight excluding hydrogens is 240 g/mol. The molecule has 19 heavy (non-hydrogen) atoms. The van der Waals surface area contributed by atoms with E-state index in [2.05, 4.69) is 25.8 Å². The molecule has 1 fully saturated rings. The highest BCUT2D eigenvalue weighted by Gasteiger charge is 2.13. The van der Waals surface area contributed by atoms with Gasteiger partial charge in [0.1, 0.15) is 0 Å². The first kappa shape index (κ1) is 12.1. The summed E-state index contributed by atoms with van der Waals surface area (Å²) in [5.41, 5.74) is 6.78. The molecule has 0 unspecified atom stereocenters. The number of anilines is 2. The summed E-state index contributed by atoms with van der Waals surface area (Å²) < 4.78 is 0. The van der Waals surface area contributed by atoms with E-state index in [1.807, 2.05) is 24.3 Å². The average Bonchev–Trinajstić information content (AvgIpc) is 2.48. The summed E-state index contributed by atoms with van der Waals surface area (Å²) in [6, 6.07) is 7.92. The normalized spacial score (nSPS) is 16.5. The lowest BCUT2D eigenvalue weighted by Gasteiger charge is -2.27. The molecular formula is C13H18N6. The minimum Gasteiger partial charge on any atom is -0.302 e. The zero-order valence-electron chi connectivity index (χ0n) is 10.8. The maximum atomic E-state index is 5.43. The first-order valence-electron chi connectivity index (χ1n) is 6.62. The zero-order valence-corrected chi connectivity index (χ0v) is 10.8. The van der Waals surface area contributed by atoms with Gasteiger partial charge in [-0.3, -0.25) is 5.43 Å². The zero-order chi connectivity index (χ0) is 13.1. The molecule has 100 valence electrons. The van der Waals surface area contributed by atoms with E-state index in [9.17, 15) is 0 Å². The molecule has 0 spiro atoms. The number of para-hydroxylation sites is 1. The lowest BCUT2D eigenvalue weighted by molar-refractivity contribution is 0.272. The van der Waals surface area contributed by atoms with Crippen molar-refractivity contribution < 1.29 is 0 Å². The summed E-state index contributed by atoms with van der Waals surface area (Å²) in [6.07, 6.45) is 3.74. The van der Waals surface area contributed by atoms with Crippen LogP contribution in [0.5, 0.6) is 0 Å². The van der Waals surface area contributed by atoms with Crippen molar-refractivity contribution in [3.63, 3.8) is 0 Å². The number of nitrogens with two attached hydrogens (primary N) is 1. The molecule has 3 rings (SSSR count). The van der Waals surface area contributed by atoms with Gasteiger partial charge in [-0.25, -0.2) is 15.8 Å². The molecule has 0 atom stereocenters. The van der Waals surface area contributed by atoms with Crippen molar-refractivity contribution in [2.75, 3.05) is 23.9 Å². The number of aromatic nitrogens is 2. The molecule has 1 aromatic heterocycles. The average molecular weight is 258 g/mol. The van der Waals surface area contributed by atoms with Gasteiger partial charge in [0.15, 0.2) is 5.82 Å². The number of nitrogen functional groups attached to an aromatic ring is 1. The third-order valence-corrected chi connectivity index (χ3v) is 3.35. The molecule has 1 saturated heterocycles. The third-order valence-electron chi connectivity index (χ3n) is 3.35. The number of hydrogen-bond acceptors (Lipinski definition) is 6. The summed E-state index contributed by atoms with van der Waals surface area (Å²) in [4.78, 5) is 8.76. The van der Waals surface area contributed by atoms with Crippen LogP contribution in [-0.4, -0.2) is 28.1 Å². The molecule has 0 radical (unpaired) electrons. The Morgan fingerprint density at radius 3 is 2.63 bits per heavy atom. The van der Waals surface area contributed by atoms with Gasteiger partial charge < -0.3 is 5.43 Å². The minimum absolute atomic E-state index is 0.429. The van der Waals surface area contributed by atoms with Gasteiger partial charge >= 0.3 is 0 Å². The smallest absolute Gasteiger partial charge is 0.239 e. The topological polar surface area (TPSA) is 79.1 Å². The van der Waals surface area contributed by atoms with Gasteiger partial charge in [0.05, 0.1) is 5.52 Å². The third kappa shape index (κ3) is 2.59. The highest BCUT2D eigenvalue weighted by molar-refractivity contribution is 5.89. The van der Waals surface area contributed by atoms with Crippen LogP contribution in [0.15, 0.2) is 24.3 Å². The van der Waals surface area contributed by atoms with Gasteiger partial charge in [0.25, 0.3) is 0 Å². The van der Waals surface area contributed by atoms with E-state index in [0.717, 1.165) is 29.8 Å². The van der Waals surface area contributed by atoms with Crippen LogP contribution in [-0.2, 0) is 0 Å². The maximum absolute atomic E-state index is 5.43. The molecule has 0 bridgehead atoms. The van der Waals surface area contributed by atoms with Crippen LogP contribution < -0.4 is 16.7 Å². The van der Waals surface area contributed by atoms with Crippen LogP contribution in [0.25, 0.3) is 10.9 Å². The van der Waals surface area contributed by atoms with Crippen LogP contribution >= 0.6 is 0 Å². The number of rotatable bonds is 3. The van der Waals surface area contributed by atoms with Gasteiger partial charge in [0.2, 0.25) is 5.95 Å². The fourth-order valence-corrected chi connectivity index (χ4v) is 2.38. The van der Waals surface area contributed by atoms with Crippen molar-refractivity contribution in [2.24, 2.45) is 5.84 Å². The Labute approximate surface area is 112 Å². The van der Waals surface area contributed by atoms with E-state index >= 15 is 0 Å². The molecule has 2 aromatic rings. The summed E-state index contributed by atoms with van der Waals surface area (Å²) in [6.45, 7) is 2.09. The van der Waals surface area contributed by atoms with Crippen LogP contribution in [0.4, 0.5) is 11.8 Å². The lowest BCUT2D eigenvalue weighted by Crippen LogP contribution is -2.35. The monoisotopic (exact) mass is 258 g/mol. The van der Waals surface area contributed by atoms with Crippen molar-refractivity contribution in [1.29, 1.82) is 0 Å². The molecule has 0 aliphatic carbocycles. The van der Waals surface area contributed by atoms with Crippen molar-refractivity contribution >= 4 is 22.7 Å². The lowest BCUT2D eigenvalue weighted by atomic mass is 10.2. The number of nitrogens with zero attached hydrogens (tertiary/aromatic N) is 3. The quantitative estimate of drug-likeness (QED) is 0.575. The van der Waals surface area contributed by atoms with Crippen molar-refractivity contribution in [3.05, 3.63) is 24.3 Å². The van der Waals surface area contributed by atoms with Crippen molar-refractivity contribution in [3.8, 4) is 0 Å². The first-order chi connectivity index (χ1) is 9.36. The molecule has 2 heterocycles. The summed E-state index contributed by atoms with van der Waals surface area (Å²) >= 11 is 0. The number of hydrogen-bond donors (Lipinski definition) is 3. The highest BCUT2D eigenvalue weighted by atomic mass is 15.5. The van der Waals surface area contributed by atoms with Crippen LogP contribution in [0.1, 0.15) is 19.3 Å². The van der Waals surface area contributed by atoms with E-state index in [-0.39, 0.29) is 0 Å². The second kappa shape index (κ2) is 5.38. The van der Waals surface area contributed by atoms with E-state index in [4.69, 9.17) is 5.84 Å². The van der Waals surface area contributed by atoms with Gasteiger partial charge in [-0.1, -0.05) is 18.6 Å². The molecule has 6 nitrogen and oxygen atoms in total. The molecule has 6 heteroatoms. The van der Waals surface area contributed by atoms with Crippen molar-refractivity contribution in [2.45, 2.75) is 19.3 Å². The van der Waals surface area contributed by atoms with Crippen LogP contribution in [0.2, 0.25) is 0 Å². The molecule has 4 N–H and O–H groups in total. The Balaban J connectivity index is 1.95. The summed E-state index contributed by atoms with van der Waals surface area (Å²) in [7, 11) is 0. The van der Waals surface area contributed by atoms with E-state index in [1.54, 1.807) is 0 Å². The Hall–Kier alpha value is -1.92. The Morgan fingerprint density at radius 2 is 1.84 bits per heavy atom. The predicted molar refractivity (Wildman–Crippen MR) is 76.4 cm³/mol. The number of piperidine rings is 1. The Bertz CT molecular complexity index is 564. The van der Waals surface area contributed by atoms with Crippen LogP contribution in [0.3, 0.4) is 0 Å². The molecule has 1 aromatic carbocycles. The van der Waals surface area contributed by atoms with Gasteiger partial charge in [-0.15, -0.1) is 0 Å². The largest absolute Gasteiger partial charge is 0.302 e. The Morgan fingerprint density at radius 1 is 1.05 bits per heavy atom. The molecule has 1 aliphatic heterocycles. The van der Waals surface area contributed by atoms with E-state index < -0.39 is 0 Å². The van der Waals surface area contributed by atoms with Crippen LogP contribution in [0, 0.1) is 0 Å². The highest BCUT2D eigenvalue weighted by Crippen LogP contribution is 2.22. The summed E-state index contributed by atoms with van der Waals surface area (Å²) in [5.74, 6) is 6.66. The molecule has 0 amide bonds. The fraction of sp³-hybridized carbons (Fsp3) is 0.385. The van der Waals surface area contributed by atoms with E-state index in [1.165, 1.54) is 19.3 Å². The molecule has 1 aliphatic rings. The predicted octanol–water partition coefficient (Wildman–Crippen LogP) is 1.73. The fourth-order valence-electron chi connectivity index (χ4n) is 2.38. The second-order valence-electron chi connectivity index (χ2n) is 4.72. The number of hydrazine groups is 2. The van der Waals surface area contributed by atoms with Gasteiger partial charge in [0, 0.05) is 18.5 Å². The first-order valence-corrected chi connectivity index (χ1v) is 6.62. The number of nitrogens with one attached hydrogen (secondary N) is 2. The molecule has 0 saturated carbocycles. The van der Waals surface area contributed by atoms with Crippen molar-refractivity contribution in [1.82, 2.24) is 15.0 Å². The second-order valence-corrected chi connectivity index (χ2v) is 4.72. The van der Waals surface area contributed by atoms with Gasteiger partial charge in [-0.2, -0.15) is 4.98 Å². The number of benzene rings is 1.